The lowest BCUT2D eigenvalue weighted by Crippen LogP contribution is -2.57. The van der Waals surface area contributed by atoms with Crippen LogP contribution in [0.2, 0.25) is 0 Å². The first-order valence-electron chi connectivity index (χ1n) is 26.8. The number of ether oxygens (including phenoxy) is 1. The minimum absolute atomic E-state index is 0.0280. The fraction of sp³-hybridized carbons (Fsp3) is 0.678. The third kappa shape index (κ3) is 8.50. The molecule has 66 heavy (non-hydrogen) atoms. The number of nitrogens with one attached hydrogen (secondary N) is 1. The van der Waals surface area contributed by atoms with Gasteiger partial charge in [-0.2, -0.15) is 0 Å². The van der Waals surface area contributed by atoms with Crippen LogP contribution in [-0.2, 0) is 11.2 Å². The first-order chi connectivity index (χ1) is 32.0. The number of furan rings is 1. The van der Waals surface area contributed by atoms with Crippen molar-refractivity contribution < 1.29 is 19.4 Å². The summed E-state index contributed by atoms with van der Waals surface area (Å²) in [5.74, 6) is 12.4. The van der Waals surface area contributed by atoms with Gasteiger partial charge in [0, 0.05) is 46.9 Å². The summed E-state index contributed by atoms with van der Waals surface area (Å²) in [5.41, 5.74) is 10.8. The first-order valence-corrected chi connectivity index (χ1v) is 26.8. The summed E-state index contributed by atoms with van der Waals surface area (Å²) in [4.78, 5) is 5.14. The maximum Gasteiger partial charge on any atom is 0.188 e. The van der Waals surface area contributed by atoms with Crippen LogP contribution in [0.25, 0.3) is 10.8 Å². The summed E-state index contributed by atoms with van der Waals surface area (Å²) in [7, 11) is 0. The van der Waals surface area contributed by atoms with Crippen molar-refractivity contribution in [2.75, 3.05) is 6.54 Å². The lowest BCUT2D eigenvalue weighted by molar-refractivity contribution is -0.139. The van der Waals surface area contributed by atoms with Crippen LogP contribution in [0.15, 0.2) is 82.6 Å². The number of aliphatic hydroxyl groups excluding tert-OH is 1. The highest BCUT2D eigenvalue weighted by Gasteiger charge is 2.68. The second kappa shape index (κ2) is 18.1. The number of rotatable bonds is 9. The number of hydrogen-bond donors (Lipinski definition) is 4. The summed E-state index contributed by atoms with van der Waals surface area (Å²) in [6.45, 7) is 8.09. The molecule has 3 aromatic rings. The second-order valence-corrected chi connectivity index (χ2v) is 23.9. The number of guanidine groups is 1. The maximum atomic E-state index is 11.4. The van der Waals surface area contributed by atoms with Crippen molar-refractivity contribution in [3.63, 3.8) is 0 Å². The average molecular weight is 894 g/mol. The molecule has 0 amide bonds. The van der Waals surface area contributed by atoms with Gasteiger partial charge in [0.15, 0.2) is 5.96 Å². The normalized spacial score (nSPS) is 41.8. The molecule has 7 heteroatoms. The molecule has 3 heterocycles. The Morgan fingerprint density at radius 3 is 2.59 bits per heavy atom. The van der Waals surface area contributed by atoms with Gasteiger partial charge in [-0.3, -0.25) is 4.99 Å². The van der Waals surface area contributed by atoms with Crippen LogP contribution in [0.5, 0.6) is 0 Å². The van der Waals surface area contributed by atoms with Gasteiger partial charge in [-0.1, -0.05) is 85.9 Å². The van der Waals surface area contributed by atoms with Crippen molar-refractivity contribution in [2.45, 2.75) is 190 Å². The molecular formula is C59H79N3O4. The highest BCUT2D eigenvalue weighted by molar-refractivity contribution is 5.85. The summed E-state index contributed by atoms with van der Waals surface area (Å²) in [5, 5.41) is 27.9. The lowest BCUT2D eigenvalue weighted by Gasteiger charge is -2.64. The molecule has 7 nitrogen and oxygen atoms in total. The molecule has 7 fully saturated rings. The van der Waals surface area contributed by atoms with Gasteiger partial charge < -0.3 is 30.4 Å². The molecule has 14 atom stereocenters. The van der Waals surface area contributed by atoms with Crippen molar-refractivity contribution in [3.8, 4) is 11.8 Å². The number of aliphatic hydroxyl groups is 2. The van der Waals surface area contributed by atoms with Crippen LogP contribution in [0.3, 0.4) is 0 Å². The Bertz CT molecular complexity index is 2310. The third-order valence-corrected chi connectivity index (χ3v) is 20.1. The predicted molar refractivity (Wildman–Crippen MR) is 265 cm³/mol. The summed E-state index contributed by atoms with van der Waals surface area (Å²) in [6.07, 6.45) is 29.7. The lowest BCUT2D eigenvalue weighted by atomic mass is 9.40. The van der Waals surface area contributed by atoms with Crippen LogP contribution >= 0.6 is 0 Å². The van der Waals surface area contributed by atoms with Crippen molar-refractivity contribution in [1.82, 2.24) is 5.32 Å². The Morgan fingerprint density at radius 1 is 0.879 bits per heavy atom. The van der Waals surface area contributed by atoms with E-state index in [9.17, 15) is 10.2 Å². The van der Waals surface area contributed by atoms with E-state index in [0.29, 0.717) is 60.0 Å². The summed E-state index contributed by atoms with van der Waals surface area (Å²) < 4.78 is 12.7. The molecule has 2 aliphatic heterocycles. The second-order valence-electron chi connectivity index (χ2n) is 23.9. The molecule has 6 aliphatic carbocycles. The molecule has 8 aliphatic rings. The van der Waals surface area contributed by atoms with Gasteiger partial charge in [-0.25, -0.2) is 0 Å². The number of nitrogens with two attached hydrogens (primary N) is 1. The molecule has 1 saturated heterocycles. The molecule has 5 N–H and O–H groups in total. The number of epoxide rings is 1. The zero-order valence-corrected chi connectivity index (χ0v) is 40.0. The van der Waals surface area contributed by atoms with E-state index in [2.05, 4.69) is 72.6 Å². The first kappa shape index (κ1) is 44.9. The van der Waals surface area contributed by atoms with E-state index in [4.69, 9.17) is 26.5 Å². The van der Waals surface area contributed by atoms with Crippen molar-refractivity contribution in [3.05, 3.63) is 84.3 Å². The van der Waals surface area contributed by atoms with E-state index in [1.807, 2.05) is 12.5 Å². The Kier molecular flexibility index (Phi) is 12.3. The van der Waals surface area contributed by atoms with E-state index >= 15 is 0 Å². The minimum Gasteiger partial charge on any atom is -0.471 e. The average Bonchev–Trinajstić information content (AvgIpc) is 3.75. The maximum absolute atomic E-state index is 11.4. The molecule has 2 aromatic carbocycles. The van der Waals surface area contributed by atoms with Crippen LogP contribution in [0, 0.1) is 64.1 Å². The van der Waals surface area contributed by atoms with E-state index < -0.39 is 5.60 Å². The molecule has 354 valence electrons. The molecule has 14 unspecified atom stereocenters. The molecular weight excluding hydrogens is 815 g/mol. The number of fused-ring (bicyclic) bond motifs is 4. The highest BCUT2D eigenvalue weighted by atomic mass is 16.6. The summed E-state index contributed by atoms with van der Waals surface area (Å²) >= 11 is 0. The van der Waals surface area contributed by atoms with E-state index in [1.165, 1.54) is 107 Å². The van der Waals surface area contributed by atoms with Gasteiger partial charge in [-0.15, -0.1) is 5.92 Å². The van der Waals surface area contributed by atoms with Gasteiger partial charge in [0.2, 0.25) is 0 Å². The number of benzene rings is 2. The van der Waals surface area contributed by atoms with Crippen molar-refractivity contribution in [1.29, 1.82) is 0 Å². The fourth-order valence-electron chi connectivity index (χ4n) is 16.8. The Balaban J connectivity index is 0.820. The third-order valence-electron chi connectivity index (χ3n) is 20.1. The number of hydrogen-bond acceptors (Lipinski definition) is 7. The topological polar surface area (TPSA) is 117 Å². The Hall–Kier alpha value is -3.57. The van der Waals surface area contributed by atoms with Crippen LogP contribution in [0.4, 0.5) is 0 Å². The van der Waals surface area contributed by atoms with E-state index in [0.717, 1.165) is 68.1 Å². The number of aliphatic imine (C=N–C) groups is 1. The van der Waals surface area contributed by atoms with Crippen molar-refractivity contribution in [2.24, 2.45) is 63.0 Å². The quantitative estimate of drug-likeness (QED) is 0.0966. The molecule has 6 saturated carbocycles. The standard InChI is InChI=1S/C59H79N3O4/c1-39-32-57(28-23-41(33-57)24-29-58(64)26-11-18-47(63)34-58)54-56(2,66-54)27-25-52-49(39)35-59(52,45-16-7-4-8-17-45)46-22-21-43(31-46)53-20-10-14-42(30-40-12-5-3-6-13-40)50(36-61-55(60)62-53)48-19-9-15-44-37-65-38-51(44)48/h3,5-6,9,12-13,15,19,37-38,41-43,45-47,49-50,52-54,63-64H,1,4,7-8,11,16-18,20-36H2,2H3,(H3,60,61,62). The predicted octanol–water partition coefficient (Wildman–Crippen LogP) is 11.8. The van der Waals surface area contributed by atoms with Gasteiger partial charge in [0.25, 0.3) is 0 Å². The molecule has 0 bridgehead atoms. The van der Waals surface area contributed by atoms with Gasteiger partial charge in [0.1, 0.15) is 0 Å². The van der Waals surface area contributed by atoms with Crippen LogP contribution in [0.1, 0.15) is 165 Å². The zero-order chi connectivity index (χ0) is 45.1. The summed E-state index contributed by atoms with van der Waals surface area (Å²) in [6, 6.07) is 17.5. The molecule has 1 aromatic heterocycles. The van der Waals surface area contributed by atoms with Gasteiger partial charge >= 0.3 is 0 Å². The highest BCUT2D eigenvalue weighted by Crippen LogP contribution is 2.72. The van der Waals surface area contributed by atoms with Crippen LogP contribution in [-0.4, -0.2) is 52.2 Å². The molecule has 1 spiro atoms. The van der Waals surface area contributed by atoms with Gasteiger partial charge in [0.05, 0.1) is 42.5 Å². The van der Waals surface area contributed by atoms with Crippen LogP contribution < -0.4 is 11.1 Å². The monoisotopic (exact) mass is 894 g/mol. The largest absolute Gasteiger partial charge is 0.471 e. The molecule has 0 radical (unpaired) electrons. The smallest absolute Gasteiger partial charge is 0.188 e. The number of nitrogens with zero attached hydrogens (tertiary/aromatic N) is 1. The van der Waals surface area contributed by atoms with E-state index in [-0.39, 0.29) is 35.0 Å². The van der Waals surface area contributed by atoms with E-state index in [1.54, 1.807) is 0 Å². The zero-order valence-electron chi connectivity index (χ0n) is 40.0. The minimum atomic E-state index is -0.689. The Labute approximate surface area is 395 Å². The fourth-order valence-corrected chi connectivity index (χ4v) is 16.8. The van der Waals surface area contributed by atoms with Crippen molar-refractivity contribution >= 4 is 16.7 Å². The van der Waals surface area contributed by atoms with Gasteiger partial charge in [-0.05, 0) is 175 Å². The SMILES string of the molecule is C=C1CC2(CCC(CCC3(O)CCCC(O)C3)C2)C2OC2(C)CCC2C1CC2(C1CCCCC1)C1CCC(C2CC#CC(Cc3ccccc3)C(c3cccc4cocc34)CN=C(N)N2)C1. The number of allylic oxidation sites excluding steroid dienone is 1. The molecule has 11 rings (SSSR count). The Morgan fingerprint density at radius 2 is 1.74 bits per heavy atom.